The van der Waals surface area contributed by atoms with E-state index in [4.69, 9.17) is 34.9 Å². The van der Waals surface area contributed by atoms with E-state index in [1.807, 2.05) is 0 Å². The summed E-state index contributed by atoms with van der Waals surface area (Å²) in [6.45, 7) is -1.13. The van der Waals surface area contributed by atoms with E-state index in [0.717, 1.165) is 4.57 Å². The second-order valence-corrected chi connectivity index (χ2v) is 13.9. The lowest BCUT2D eigenvalue weighted by molar-refractivity contribution is -0.111. The molecule has 9 N–H and O–H groups in total. The minimum Gasteiger partial charge on any atom is -0.390 e. The minimum atomic E-state index is -5.71. The molecule has 19 nitrogen and oxygen atoms in total. The third kappa shape index (κ3) is 11.4. The van der Waals surface area contributed by atoms with Crippen LogP contribution in [0.5, 0.6) is 0 Å². The molecule has 216 valence electrons. The van der Waals surface area contributed by atoms with E-state index in [1.165, 1.54) is 6.20 Å². The topological polar surface area (TPSA) is 308 Å². The highest BCUT2D eigenvalue weighted by Gasteiger charge is 2.42. The Hall–Kier alpha value is -1.28. The zero-order chi connectivity index (χ0) is 28.9. The Bertz CT molecular complexity index is 1310. The van der Waals surface area contributed by atoms with Gasteiger partial charge < -0.3 is 44.9 Å². The first kappa shape index (κ1) is 32.9. The number of nitrogens with two attached hydrogens (primary N) is 1. The average Bonchev–Trinajstić information content (AvgIpc) is 2.70. The lowest BCUT2D eigenvalue weighted by atomic mass is 10.0. The molecule has 1 saturated heterocycles. The lowest BCUT2D eigenvalue weighted by Crippen LogP contribution is -2.44. The molecule has 0 aromatic carbocycles. The first-order valence-corrected chi connectivity index (χ1v) is 16.6. The zero-order valence-electron chi connectivity index (χ0n) is 19.1. The smallest absolute Gasteiger partial charge is 0.390 e. The summed E-state index contributed by atoms with van der Waals surface area (Å²) in [7, 11) is -20.8. The molecule has 0 saturated carbocycles. The SMILES string of the molecule is Nc1nc(=O)n(C2COC(COP(=O)(O)OP(=O)(O)OP(=O)(O)O)C(O)C2)cc1C#CCCCP(=O)(O)O. The van der Waals surface area contributed by atoms with E-state index < -0.39 is 61.6 Å². The van der Waals surface area contributed by atoms with Gasteiger partial charge in [-0.25, -0.2) is 18.5 Å². The van der Waals surface area contributed by atoms with Gasteiger partial charge in [0.15, 0.2) is 0 Å². The lowest BCUT2D eigenvalue weighted by Gasteiger charge is -2.34. The Labute approximate surface area is 214 Å². The van der Waals surface area contributed by atoms with Gasteiger partial charge in [-0.05, 0) is 12.8 Å². The van der Waals surface area contributed by atoms with Crippen molar-refractivity contribution in [2.45, 2.75) is 37.5 Å². The summed E-state index contributed by atoms with van der Waals surface area (Å²) < 4.78 is 62.8. The number of hydrogen-bond acceptors (Lipinski definition) is 12. The summed E-state index contributed by atoms with van der Waals surface area (Å²) in [4.78, 5) is 69.4. The van der Waals surface area contributed by atoms with Gasteiger partial charge in [0.05, 0.1) is 37.1 Å². The summed E-state index contributed by atoms with van der Waals surface area (Å²) in [5.41, 5.74) is 5.04. The van der Waals surface area contributed by atoms with Crippen molar-refractivity contribution in [3.05, 3.63) is 22.2 Å². The van der Waals surface area contributed by atoms with E-state index in [0.29, 0.717) is 0 Å². The summed E-state index contributed by atoms with van der Waals surface area (Å²) in [5.74, 6) is 5.11. The third-order valence-electron chi connectivity index (χ3n) is 4.61. The molecule has 5 atom stereocenters. The number of phosphoric ester groups is 1. The number of unbranched alkanes of at least 4 members (excludes halogenated alkanes) is 1. The van der Waals surface area contributed by atoms with Crippen LogP contribution in [-0.2, 0) is 36.1 Å². The predicted molar refractivity (Wildman–Crippen MR) is 125 cm³/mol. The number of aliphatic hydroxyl groups is 1. The van der Waals surface area contributed by atoms with E-state index in [2.05, 4.69) is 30.0 Å². The number of aromatic nitrogens is 2. The van der Waals surface area contributed by atoms with Crippen LogP contribution < -0.4 is 11.4 Å². The maximum Gasteiger partial charge on any atom is 0.490 e. The fraction of sp³-hybridized carbons (Fsp3) is 0.600. The van der Waals surface area contributed by atoms with Crippen LogP contribution in [0.25, 0.3) is 0 Å². The summed E-state index contributed by atoms with van der Waals surface area (Å²) >= 11 is 0. The number of hydrogen-bond donors (Lipinski definition) is 8. The molecular formula is C15H25N3O16P4. The van der Waals surface area contributed by atoms with Crippen LogP contribution >= 0.6 is 31.1 Å². The Morgan fingerprint density at radius 3 is 2.34 bits per heavy atom. The summed E-state index contributed by atoms with van der Waals surface area (Å²) in [6, 6.07) is -0.802. The molecule has 38 heavy (non-hydrogen) atoms. The predicted octanol–water partition coefficient (Wildman–Crippen LogP) is -0.831. The maximum atomic E-state index is 12.3. The number of phosphoric acid groups is 3. The second kappa shape index (κ2) is 12.9. The highest BCUT2D eigenvalue weighted by molar-refractivity contribution is 7.66. The number of aliphatic hydroxyl groups excluding tert-OH is 1. The van der Waals surface area contributed by atoms with Gasteiger partial charge in [-0.2, -0.15) is 13.6 Å². The molecule has 2 rings (SSSR count). The number of rotatable bonds is 11. The van der Waals surface area contributed by atoms with E-state index in [1.54, 1.807) is 0 Å². The van der Waals surface area contributed by atoms with Gasteiger partial charge in [-0.1, -0.05) is 11.8 Å². The number of nitrogens with zero attached hydrogens (tertiary/aromatic N) is 2. The minimum absolute atomic E-state index is 0.120. The largest absolute Gasteiger partial charge is 0.490 e. The van der Waals surface area contributed by atoms with Crippen molar-refractivity contribution in [2.75, 3.05) is 25.1 Å². The van der Waals surface area contributed by atoms with E-state index in [9.17, 15) is 33.1 Å². The van der Waals surface area contributed by atoms with Crippen molar-refractivity contribution in [3.8, 4) is 11.8 Å². The van der Waals surface area contributed by atoms with Crippen molar-refractivity contribution in [3.63, 3.8) is 0 Å². The fourth-order valence-electron chi connectivity index (χ4n) is 3.04. The molecule has 0 radical (unpaired) electrons. The molecule has 2 heterocycles. The second-order valence-electron chi connectivity index (χ2n) is 7.74. The summed E-state index contributed by atoms with van der Waals surface area (Å²) in [6.07, 6.45) is -1.70. The van der Waals surface area contributed by atoms with Crippen molar-refractivity contribution < 1.29 is 70.6 Å². The molecule has 0 aliphatic carbocycles. The van der Waals surface area contributed by atoms with Gasteiger partial charge in [0, 0.05) is 12.6 Å². The normalized spacial score (nSPS) is 23.6. The summed E-state index contributed by atoms with van der Waals surface area (Å²) in [5, 5.41) is 10.4. The molecule has 23 heteroatoms. The average molecular weight is 627 g/mol. The van der Waals surface area contributed by atoms with Gasteiger partial charge in [-0.15, -0.1) is 0 Å². The fourth-order valence-corrected chi connectivity index (χ4v) is 6.64. The van der Waals surface area contributed by atoms with E-state index >= 15 is 0 Å². The van der Waals surface area contributed by atoms with Crippen LogP contribution in [0.3, 0.4) is 0 Å². The van der Waals surface area contributed by atoms with Crippen LogP contribution in [0.4, 0.5) is 5.82 Å². The van der Waals surface area contributed by atoms with Crippen LogP contribution in [0.2, 0.25) is 0 Å². The van der Waals surface area contributed by atoms with Crippen LogP contribution in [0.15, 0.2) is 11.0 Å². The molecule has 0 bridgehead atoms. The molecule has 1 fully saturated rings. The number of ether oxygens (including phenoxy) is 1. The monoisotopic (exact) mass is 627 g/mol. The highest BCUT2D eigenvalue weighted by atomic mass is 31.3. The molecule has 1 aromatic heterocycles. The first-order chi connectivity index (χ1) is 17.3. The van der Waals surface area contributed by atoms with Gasteiger partial charge in [-0.3, -0.25) is 13.7 Å². The van der Waals surface area contributed by atoms with Gasteiger partial charge in [0.2, 0.25) is 0 Å². The van der Waals surface area contributed by atoms with Crippen LogP contribution in [-0.4, -0.2) is 75.6 Å². The molecule has 1 aromatic rings. The number of anilines is 1. The van der Waals surface area contributed by atoms with E-state index in [-0.39, 0.29) is 43.4 Å². The highest BCUT2D eigenvalue weighted by Crippen LogP contribution is 2.66. The zero-order valence-corrected chi connectivity index (χ0v) is 22.7. The van der Waals surface area contributed by atoms with Crippen LogP contribution in [0.1, 0.15) is 30.9 Å². The first-order valence-electron chi connectivity index (χ1n) is 10.3. The third-order valence-corrected chi connectivity index (χ3v) is 9.31. The van der Waals surface area contributed by atoms with Crippen LogP contribution in [0, 0.1) is 11.8 Å². The molecule has 1 aliphatic heterocycles. The quantitative estimate of drug-likeness (QED) is 0.0843. The standard InChI is InChI=1S/C15H25N3O16P4/c16-14-10(4-2-1-3-5-35(21,22)23)7-18(15(20)17-14)11-6-12(19)13(31-8-11)9-32-37(27,28)34-38(29,30)33-36(24,25)26/h7,11-13,19H,1,3,5-6,8-9H2,(H,27,28)(H,29,30)(H2,16,17,20)(H2,21,22,23)(H2,24,25,26). The van der Waals surface area contributed by atoms with Gasteiger partial charge in [0.1, 0.15) is 11.9 Å². The Kier molecular flexibility index (Phi) is 11.2. The van der Waals surface area contributed by atoms with Crippen molar-refractivity contribution in [2.24, 2.45) is 0 Å². The Morgan fingerprint density at radius 2 is 1.76 bits per heavy atom. The Balaban J connectivity index is 2.01. The Morgan fingerprint density at radius 1 is 1.11 bits per heavy atom. The van der Waals surface area contributed by atoms with Crippen molar-refractivity contribution in [1.29, 1.82) is 0 Å². The van der Waals surface area contributed by atoms with Crippen molar-refractivity contribution in [1.82, 2.24) is 9.55 Å². The maximum absolute atomic E-state index is 12.3. The van der Waals surface area contributed by atoms with Gasteiger partial charge >= 0.3 is 36.8 Å². The van der Waals surface area contributed by atoms with Crippen molar-refractivity contribution >= 4 is 36.9 Å². The molecule has 5 unspecified atom stereocenters. The van der Waals surface area contributed by atoms with Gasteiger partial charge in [0.25, 0.3) is 0 Å². The molecule has 1 aliphatic rings. The number of nitrogen functional groups attached to an aromatic ring is 1. The molecule has 0 spiro atoms. The molecular weight excluding hydrogens is 602 g/mol. The molecule has 0 amide bonds.